The molecule has 0 saturated heterocycles. The number of hydrogen-bond acceptors (Lipinski definition) is 4. The second-order valence-electron chi connectivity index (χ2n) is 8.04. The van der Waals surface area contributed by atoms with Gasteiger partial charge in [-0.1, -0.05) is 53.7 Å². The summed E-state index contributed by atoms with van der Waals surface area (Å²) in [4.78, 5) is 5.47. The molecule has 0 unspecified atom stereocenters. The molecule has 0 spiro atoms. The Balaban J connectivity index is 1.92. The third kappa shape index (κ3) is 8.97. The van der Waals surface area contributed by atoms with E-state index in [1.54, 1.807) is 6.21 Å². The van der Waals surface area contributed by atoms with Crippen LogP contribution in [0.4, 0.5) is 0 Å². The third-order valence-corrected chi connectivity index (χ3v) is 3.89. The number of nitrogens with zero attached hydrogens (tertiary/aromatic N) is 1. The molecule has 2 rings (SSSR count). The lowest BCUT2D eigenvalue weighted by atomic mass is 10.0. The van der Waals surface area contributed by atoms with E-state index in [0.29, 0.717) is 6.61 Å². The van der Waals surface area contributed by atoms with Gasteiger partial charge in [0.2, 0.25) is 0 Å². The fourth-order valence-electron chi connectivity index (χ4n) is 2.55. The molecule has 0 aliphatic carbocycles. The van der Waals surface area contributed by atoms with Gasteiger partial charge in [-0.2, -0.15) is 0 Å². The van der Waals surface area contributed by atoms with Crippen LogP contribution in [0.5, 0.6) is 5.75 Å². The molecule has 4 nitrogen and oxygen atoms in total. The van der Waals surface area contributed by atoms with Crippen LogP contribution in [0.15, 0.2) is 65.8 Å². The average molecular weight is 396 g/mol. The summed E-state index contributed by atoms with van der Waals surface area (Å²) in [6.45, 7) is 11.3. The first-order valence-corrected chi connectivity index (χ1v) is 10.2. The maximum absolute atomic E-state index is 5.78. The Morgan fingerprint density at radius 2 is 1.69 bits per heavy atom. The lowest BCUT2D eigenvalue weighted by molar-refractivity contribution is 0.00199. The van der Waals surface area contributed by atoms with Gasteiger partial charge in [0, 0.05) is 5.56 Å². The van der Waals surface area contributed by atoms with Crippen LogP contribution in [0.2, 0.25) is 0 Å². The summed E-state index contributed by atoms with van der Waals surface area (Å²) in [6, 6.07) is 16.2. The van der Waals surface area contributed by atoms with Crippen molar-refractivity contribution in [2.45, 2.75) is 52.7 Å². The largest absolute Gasteiger partial charge is 0.490 e. The van der Waals surface area contributed by atoms with E-state index in [0.717, 1.165) is 35.5 Å². The van der Waals surface area contributed by atoms with Gasteiger partial charge < -0.3 is 14.3 Å². The highest BCUT2D eigenvalue weighted by Gasteiger charge is 2.10. The van der Waals surface area contributed by atoms with Crippen molar-refractivity contribution < 1.29 is 14.3 Å². The molecule has 0 heterocycles. The van der Waals surface area contributed by atoms with Gasteiger partial charge in [-0.3, -0.25) is 0 Å². The Bertz CT molecular complexity index is 786. The molecule has 2 aromatic rings. The summed E-state index contributed by atoms with van der Waals surface area (Å²) >= 11 is 0. The first-order chi connectivity index (χ1) is 13.8. The topological polar surface area (TPSA) is 40.0 Å². The number of ether oxygens (including phenoxy) is 2. The summed E-state index contributed by atoms with van der Waals surface area (Å²) in [5, 5.41) is 4.13. The third-order valence-electron chi connectivity index (χ3n) is 3.89. The molecule has 0 bridgehead atoms. The highest BCUT2D eigenvalue weighted by Crippen LogP contribution is 2.25. The number of benzene rings is 2. The van der Waals surface area contributed by atoms with E-state index < -0.39 is 0 Å². The fraction of sp³-hybridized carbons (Fsp3) is 0.400. The van der Waals surface area contributed by atoms with E-state index >= 15 is 0 Å². The Kier molecular flexibility index (Phi) is 8.94. The molecular formula is C25H33NO3. The van der Waals surface area contributed by atoms with Crippen LogP contribution in [-0.4, -0.2) is 31.1 Å². The van der Waals surface area contributed by atoms with Gasteiger partial charge in [0.05, 0.1) is 18.9 Å². The quantitative estimate of drug-likeness (QED) is 0.206. The van der Waals surface area contributed by atoms with E-state index in [9.17, 15) is 0 Å². The minimum Gasteiger partial charge on any atom is -0.490 e. The van der Waals surface area contributed by atoms with E-state index in [-0.39, 0.29) is 11.7 Å². The second kappa shape index (κ2) is 11.4. The molecule has 0 aromatic heterocycles. The second-order valence-corrected chi connectivity index (χ2v) is 8.04. The predicted octanol–water partition coefficient (Wildman–Crippen LogP) is 6.25. The number of oxime groups is 1. The summed E-state index contributed by atoms with van der Waals surface area (Å²) in [5.74, 6) is 0.846. The van der Waals surface area contributed by atoms with E-state index in [1.807, 2.05) is 71.0 Å². The minimum atomic E-state index is -0.305. The number of hydrogen-bond donors (Lipinski definition) is 0. The molecule has 0 amide bonds. The van der Waals surface area contributed by atoms with Crippen LogP contribution in [0.25, 0.3) is 11.1 Å². The molecule has 29 heavy (non-hydrogen) atoms. The van der Waals surface area contributed by atoms with Gasteiger partial charge in [-0.05, 0) is 64.3 Å². The van der Waals surface area contributed by atoms with E-state index in [4.69, 9.17) is 14.3 Å². The Morgan fingerprint density at radius 1 is 0.966 bits per heavy atom. The fourth-order valence-corrected chi connectivity index (χ4v) is 2.55. The predicted molar refractivity (Wildman–Crippen MR) is 121 cm³/mol. The Hall–Kier alpha value is -2.59. The smallest absolute Gasteiger partial charge is 0.129 e. The summed E-state index contributed by atoms with van der Waals surface area (Å²) in [7, 11) is 0. The highest BCUT2D eigenvalue weighted by molar-refractivity contribution is 5.90. The molecule has 0 radical (unpaired) electrons. The molecule has 0 aliphatic heterocycles. The van der Waals surface area contributed by atoms with Gasteiger partial charge in [0.25, 0.3) is 0 Å². The molecule has 0 aliphatic rings. The zero-order chi connectivity index (χ0) is 21.1. The van der Waals surface area contributed by atoms with Crippen LogP contribution in [0, 0.1) is 0 Å². The molecule has 0 atom stereocenters. The molecule has 4 heteroatoms. The van der Waals surface area contributed by atoms with Crippen molar-refractivity contribution in [2.24, 2.45) is 5.16 Å². The summed E-state index contributed by atoms with van der Waals surface area (Å²) < 4.78 is 11.3. The SMILES string of the molecule is CC(C)OCCC=CCOc1ccc(-c2ccccc2C=NOC(C)(C)C)cc1. The van der Waals surface area contributed by atoms with Gasteiger partial charge in [0.15, 0.2) is 0 Å². The van der Waals surface area contributed by atoms with Crippen molar-refractivity contribution >= 4 is 6.21 Å². The molecule has 2 aromatic carbocycles. The minimum absolute atomic E-state index is 0.278. The lowest BCUT2D eigenvalue weighted by Gasteiger charge is -2.15. The van der Waals surface area contributed by atoms with Crippen LogP contribution >= 0.6 is 0 Å². The van der Waals surface area contributed by atoms with Gasteiger partial charge >= 0.3 is 0 Å². The van der Waals surface area contributed by atoms with E-state index in [1.165, 1.54) is 0 Å². The van der Waals surface area contributed by atoms with Gasteiger partial charge in [-0.25, -0.2) is 0 Å². The maximum Gasteiger partial charge on any atom is 0.129 e. The van der Waals surface area contributed by atoms with Gasteiger partial charge in [-0.15, -0.1) is 0 Å². The monoisotopic (exact) mass is 395 g/mol. The summed E-state index contributed by atoms with van der Waals surface area (Å²) in [6.07, 6.45) is 7.06. The average Bonchev–Trinajstić information content (AvgIpc) is 2.67. The van der Waals surface area contributed by atoms with Crippen LogP contribution in [0.1, 0.15) is 46.6 Å². The first-order valence-electron chi connectivity index (χ1n) is 10.2. The highest BCUT2D eigenvalue weighted by atomic mass is 16.6. The first kappa shape index (κ1) is 22.7. The van der Waals surface area contributed by atoms with Crippen molar-refractivity contribution in [3.05, 3.63) is 66.2 Å². The Labute approximate surface area is 175 Å². The Morgan fingerprint density at radius 3 is 2.38 bits per heavy atom. The lowest BCUT2D eigenvalue weighted by Crippen LogP contribution is -2.15. The molecular weight excluding hydrogens is 362 g/mol. The zero-order valence-corrected chi connectivity index (χ0v) is 18.2. The van der Waals surface area contributed by atoms with Crippen LogP contribution in [-0.2, 0) is 9.57 Å². The van der Waals surface area contributed by atoms with Crippen molar-refractivity contribution in [1.29, 1.82) is 0 Å². The maximum atomic E-state index is 5.78. The van der Waals surface area contributed by atoms with Gasteiger partial charge in [0.1, 0.15) is 18.0 Å². The molecule has 0 saturated carbocycles. The zero-order valence-electron chi connectivity index (χ0n) is 18.2. The summed E-state index contributed by atoms with van der Waals surface area (Å²) in [5.41, 5.74) is 2.92. The van der Waals surface area contributed by atoms with Crippen molar-refractivity contribution in [2.75, 3.05) is 13.2 Å². The standard InChI is InChI=1S/C25H33NO3/c1-20(2)27-17-9-6-10-18-28-23-15-13-21(14-16-23)24-12-8-7-11-22(24)19-26-29-25(3,4)5/h6-8,10-16,19-20H,9,17-18H2,1-5H3. The molecule has 156 valence electrons. The number of rotatable bonds is 10. The normalized spacial score (nSPS) is 12.2. The van der Waals surface area contributed by atoms with Crippen molar-refractivity contribution in [1.82, 2.24) is 0 Å². The van der Waals surface area contributed by atoms with Crippen LogP contribution in [0.3, 0.4) is 0 Å². The van der Waals surface area contributed by atoms with E-state index in [2.05, 4.69) is 29.4 Å². The van der Waals surface area contributed by atoms with Crippen molar-refractivity contribution in [3.8, 4) is 16.9 Å². The molecule has 0 fully saturated rings. The van der Waals surface area contributed by atoms with Crippen LogP contribution < -0.4 is 4.74 Å². The molecule has 0 N–H and O–H groups in total. The van der Waals surface area contributed by atoms with Crippen molar-refractivity contribution in [3.63, 3.8) is 0 Å².